The van der Waals surface area contributed by atoms with Gasteiger partial charge in [-0.15, -0.1) is 0 Å². The van der Waals surface area contributed by atoms with E-state index in [1.807, 2.05) is 24.3 Å². The lowest BCUT2D eigenvalue weighted by Gasteiger charge is -2.35. The summed E-state index contributed by atoms with van der Waals surface area (Å²) >= 11 is 0. The van der Waals surface area contributed by atoms with Crippen LogP contribution >= 0.6 is 0 Å². The van der Waals surface area contributed by atoms with Gasteiger partial charge in [0.05, 0.1) is 0 Å². The lowest BCUT2D eigenvalue weighted by molar-refractivity contribution is 0.0902. The number of hydrogen-bond acceptors (Lipinski definition) is 2. The second-order valence-corrected chi connectivity index (χ2v) is 6.67. The van der Waals surface area contributed by atoms with Crippen LogP contribution in [0.3, 0.4) is 0 Å². The molecule has 1 fully saturated rings. The lowest BCUT2D eigenvalue weighted by atomic mass is 9.75. The second-order valence-electron chi connectivity index (χ2n) is 6.67. The average molecular weight is 274 g/mol. The Labute approximate surface area is 121 Å². The molecular formula is C17H26N2O. The summed E-state index contributed by atoms with van der Waals surface area (Å²) in [5.74, 6) is 0.0478. The molecule has 20 heavy (non-hydrogen) atoms. The van der Waals surface area contributed by atoms with E-state index in [-0.39, 0.29) is 5.91 Å². The van der Waals surface area contributed by atoms with E-state index in [0.717, 1.165) is 30.4 Å². The first-order valence-electron chi connectivity index (χ1n) is 7.60. The third-order valence-corrected chi connectivity index (χ3v) is 4.16. The van der Waals surface area contributed by atoms with Gasteiger partial charge in [0.1, 0.15) is 0 Å². The van der Waals surface area contributed by atoms with Crippen LogP contribution in [0.1, 0.15) is 55.5 Å². The molecule has 1 aromatic rings. The van der Waals surface area contributed by atoms with Crippen LogP contribution in [-0.4, -0.2) is 18.5 Å². The van der Waals surface area contributed by atoms with Crippen molar-refractivity contribution in [3.8, 4) is 0 Å². The van der Waals surface area contributed by atoms with E-state index in [4.69, 9.17) is 5.73 Å². The van der Waals surface area contributed by atoms with Crippen LogP contribution in [0.5, 0.6) is 0 Å². The molecule has 1 aliphatic carbocycles. The third kappa shape index (κ3) is 4.07. The van der Waals surface area contributed by atoms with Gasteiger partial charge in [-0.25, -0.2) is 0 Å². The molecule has 3 heteroatoms. The van der Waals surface area contributed by atoms with Crippen molar-refractivity contribution in [2.45, 2.75) is 52.0 Å². The van der Waals surface area contributed by atoms with Crippen molar-refractivity contribution < 1.29 is 4.79 Å². The molecule has 0 spiro atoms. The average Bonchev–Trinajstić information content (AvgIpc) is 2.38. The minimum absolute atomic E-state index is 0.0478. The minimum atomic E-state index is 0.0478. The van der Waals surface area contributed by atoms with Gasteiger partial charge in [0, 0.05) is 11.6 Å². The summed E-state index contributed by atoms with van der Waals surface area (Å²) in [6, 6.07) is 8.10. The first-order valence-corrected chi connectivity index (χ1v) is 7.60. The molecular weight excluding hydrogens is 248 g/mol. The second kappa shape index (κ2) is 6.40. The molecule has 0 aliphatic heterocycles. The van der Waals surface area contributed by atoms with Crippen molar-refractivity contribution in [3.05, 3.63) is 35.4 Å². The normalized spacial score (nSPS) is 21.4. The summed E-state index contributed by atoms with van der Waals surface area (Å²) in [6.45, 7) is 5.18. The van der Waals surface area contributed by atoms with Gasteiger partial charge < -0.3 is 11.1 Å². The Balaban J connectivity index is 1.99. The number of rotatable bonds is 4. The van der Waals surface area contributed by atoms with Gasteiger partial charge in [-0.2, -0.15) is 0 Å². The van der Waals surface area contributed by atoms with E-state index >= 15 is 0 Å². The Hall–Kier alpha value is -1.35. The van der Waals surface area contributed by atoms with E-state index in [9.17, 15) is 4.79 Å². The number of carbonyl (C=O) groups is 1. The fourth-order valence-electron chi connectivity index (χ4n) is 3.12. The fraction of sp³-hybridized carbons (Fsp3) is 0.588. The summed E-state index contributed by atoms with van der Waals surface area (Å²) < 4.78 is 0. The van der Waals surface area contributed by atoms with Crippen molar-refractivity contribution in [2.24, 2.45) is 11.1 Å². The Morgan fingerprint density at radius 2 is 2.25 bits per heavy atom. The summed E-state index contributed by atoms with van der Waals surface area (Å²) in [5.41, 5.74) is 7.79. The standard InChI is InChI=1S/C17H26N2O/c1-17(2)9-4-7-15(12-17)19-16(20)14-6-3-5-13(11-14)8-10-18/h3,5-6,11,15H,4,7-10,12,18H2,1-2H3,(H,19,20). The van der Waals surface area contributed by atoms with Crippen LogP contribution < -0.4 is 11.1 Å². The molecule has 1 amide bonds. The maximum Gasteiger partial charge on any atom is 0.251 e. The highest BCUT2D eigenvalue weighted by atomic mass is 16.1. The number of carbonyl (C=O) groups excluding carboxylic acids is 1. The summed E-state index contributed by atoms with van der Waals surface area (Å²) in [4.78, 5) is 12.3. The quantitative estimate of drug-likeness (QED) is 0.887. The molecule has 1 atom stereocenters. The third-order valence-electron chi connectivity index (χ3n) is 4.16. The summed E-state index contributed by atoms with van der Waals surface area (Å²) in [5, 5.41) is 3.19. The highest BCUT2D eigenvalue weighted by Crippen LogP contribution is 2.35. The Kier molecular flexibility index (Phi) is 4.81. The molecule has 110 valence electrons. The Bertz CT molecular complexity index is 468. The van der Waals surface area contributed by atoms with Crippen LogP contribution in [-0.2, 0) is 6.42 Å². The predicted octanol–water partition coefficient (Wildman–Crippen LogP) is 2.89. The van der Waals surface area contributed by atoms with Crippen molar-refractivity contribution in [3.63, 3.8) is 0 Å². The number of nitrogens with two attached hydrogens (primary N) is 1. The molecule has 1 aliphatic rings. The van der Waals surface area contributed by atoms with Crippen LogP contribution in [0.2, 0.25) is 0 Å². The molecule has 2 rings (SSSR count). The predicted molar refractivity (Wildman–Crippen MR) is 82.7 cm³/mol. The number of nitrogens with one attached hydrogen (secondary N) is 1. The van der Waals surface area contributed by atoms with E-state index in [1.165, 1.54) is 12.8 Å². The van der Waals surface area contributed by atoms with E-state index < -0.39 is 0 Å². The molecule has 1 unspecified atom stereocenters. The maximum atomic E-state index is 12.3. The SMILES string of the molecule is CC1(C)CCCC(NC(=O)c2cccc(CCN)c2)C1. The van der Waals surface area contributed by atoms with Gasteiger partial charge in [-0.05, 0) is 55.3 Å². The van der Waals surface area contributed by atoms with Crippen LogP contribution in [0.4, 0.5) is 0 Å². The van der Waals surface area contributed by atoms with Gasteiger partial charge >= 0.3 is 0 Å². The number of amides is 1. The first kappa shape index (κ1) is 15.0. The van der Waals surface area contributed by atoms with Crippen LogP contribution in [0.15, 0.2) is 24.3 Å². The van der Waals surface area contributed by atoms with Gasteiger partial charge in [0.25, 0.3) is 5.91 Å². The van der Waals surface area contributed by atoms with Crippen molar-refractivity contribution in [2.75, 3.05) is 6.54 Å². The van der Waals surface area contributed by atoms with Gasteiger partial charge in [0.15, 0.2) is 0 Å². The molecule has 0 saturated heterocycles. The van der Waals surface area contributed by atoms with E-state index in [1.54, 1.807) is 0 Å². The topological polar surface area (TPSA) is 55.1 Å². The van der Waals surface area contributed by atoms with Crippen molar-refractivity contribution >= 4 is 5.91 Å². The van der Waals surface area contributed by atoms with E-state index in [0.29, 0.717) is 18.0 Å². The fourth-order valence-corrected chi connectivity index (χ4v) is 3.12. The molecule has 3 nitrogen and oxygen atoms in total. The molecule has 0 radical (unpaired) electrons. The van der Waals surface area contributed by atoms with E-state index in [2.05, 4.69) is 19.2 Å². The first-order chi connectivity index (χ1) is 9.50. The van der Waals surface area contributed by atoms with Crippen molar-refractivity contribution in [1.82, 2.24) is 5.32 Å². The smallest absolute Gasteiger partial charge is 0.251 e. The maximum absolute atomic E-state index is 12.3. The molecule has 0 bridgehead atoms. The van der Waals surface area contributed by atoms with Gasteiger partial charge in [-0.3, -0.25) is 4.79 Å². The van der Waals surface area contributed by atoms with Crippen molar-refractivity contribution in [1.29, 1.82) is 0 Å². The molecule has 0 heterocycles. The summed E-state index contributed by atoms with van der Waals surface area (Å²) in [7, 11) is 0. The minimum Gasteiger partial charge on any atom is -0.349 e. The summed E-state index contributed by atoms with van der Waals surface area (Å²) in [6.07, 6.45) is 5.44. The largest absolute Gasteiger partial charge is 0.349 e. The molecule has 1 aromatic carbocycles. The zero-order valence-corrected chi connectivity index (χ0v) is 12.6. The molecule has 3 N–H and O–H groups in total. The zero-order valence-electron chi connectivity index (χ0n) is 12.6. The molecule has 0 aromatic heterocycles. The molecule has 1 saturated carbocycles. The van der Waals surface area contributed by atoms with Crippen LogP contribution in [0, 0.1) is 5.41 Å². The van der Waals surface area contributed by atoms with Gasteiger partial charge in [-0.1, -0.05) is 32.4 Å². The van der Waals surface area contributed by atoms with Crippen LogP contribution in [0.25, 0.3) is 0 Å². The Morgan fingerprint density at radius 3 is 2.95 bits per heavy atom. The number of benzene rings is 1. The number of hydrogen-bond donors (Lipinski definition) is 2. The lowest BCUT2D eigenvalue weighted by Crippen LogP contribution is -2.40. The van der Waals surface area contributed by atoms with Gasteiger partial charge in [0.2, 0.25) is 0 Å². The monoisotopic (exact) mass is 274 g/mol. The Morgan fingerprint density at radius 1 is 1.45 bits per heavy atom. The highest BCUT2D eigenvalue weighted by Gasteiger charge is 2.28. The zero-order chi connectivity index (χ0) is 14.6. The highest BCUT2D eigenvalue weighted by molar-refractivity contribution is 5.94.